The minimum absolute atomic E-state index is 0.0586. The van der Waals surface area contributed by atoms with E-state index in [4.69, 9.17) is 10.00 Å². The van der Waals surface area contributed by atoms with Crippen LogP contribution in [0.1, 0.15) is 12.0 Å². The van der Waals surface area contributed by atoms with E-state index in [1.165, 1.54) is 0 Å². The molecule has 6 nitrogen and oxygen atoms in total. The zero-order chi connectivity index (χ0) is 15.5. The van der Waals surface area contributed by atoms with Crippen LogP contribution in [0.5, 0.6) is 0 Å². The van der Waals surface area contributed by atoms with Crippen LogP contribution in [-0.4, -0.2) is 43.0 Å². The second kappa shape index (κ2) is 6.16. The van der Waals surface area contributed by atoms with Gasteiger partial charge in [0.15, 0.2) is 0 Å². The smallest absolute Gasteiger partial charge is 0.228 e. The van der Waals surface area contributed by atoms with Crippen molar-refractivity contribution in [2.24, 2.45) is 11.8 Å². The molecule has 2 amide bonds. The Hall–Kier alpha value is -2.39. The number of carbonyl (C=O) groups excluding carboxylic acids is 2. The van der Waals surface area contributed by atoms with Gasteiger partial charge in [0.25, 0.3) is 0 Å². The number of hydrogen-bond acceptors (Lipinski definition) is 4. The highest BCUT2D eigenvalue weighted by Gasteiger charge is 2.49. The van der Waals surface area contributed by atoms with Gasteiger partial charge in [0.2, 0.25) is 11.8 Å². The molecule has 2 unspecified atom stereocenters. The Morgan fingerprint density at radius 2 is 1.86 bits per heavy atom. The molecule has 0 spiro atoms. The zero-order valence-electron chi connectivity index (χ0n) is 12.1. The van der Waals surface area contributed by atoms with Crippen molar-refractivity contribution in [3.05, 3.63) is 29.8 Å². The van der Waals surface area contributed by atoms with Crippen LogP contribution < -0.4 is 5.32 Å². The summed E-state index contributed by atoms with van der Waals surface area (Å²) in [5.74, 6) is -0.512. The fraction of sp³-hybridized carbons (Fsp3) is 0.438. The van der Waals surface area contributed by atoms with E-state index < -0.39 is 0 Å². The van der Waals surface area contributed by atoms with Crippen molar-refractivity contribution < 1.29 is 14.3 Å². The Morgan fingerprint density at radius 3 is 2.50 bits per heavy atom. The van der Waals surface area contributed by atoms with Crippen molar-refractivity contribution in [1.82, 2.24) is 4.90 Å². The molecule has 1 aliphatic heterocycles. The van der Waals surface area contributed by atoms with Gasteiger partial charge in [-0.2, -0.15) is 5.26 Å². The highest BCUT2D eigenvalue weighted by atomic mass is 16.5. The summed E-state index contributed by atoms with van der Waals surface area (Å²) in [5, 5.41) is 11.5. The monoisotopic (exact) mass is 299 g/mol. The number of nitrogens with one attached hydrogen (secondary N) is 1. The van der Waals surface area contributed by atoms with Crippen molar-refractivity contribution in [1.29, 1.82) is 5.26 Å². The molecule has 2 aliphatic rings. The third kappa shape index (κ3) is 3.10. The number of hydrogen-bond donors (Lipinski definition) is 1. The Balaban J connectivity index is 1.53. The standard InChI is InChI=1S/C16H17N3O3/c17-10-11-1-3-12(4-2-11)18-15(20)13-9-14(13)16(21)19-5-7-22-8-6-19/h1-4,13-14H,5-9H2,(H,18,20). The number of benzene rings is 1. The third-order valence-electron chi connectivity index (χ3n) is 4.05. The lowest BCUT2D eigenvalue weighted by molar-refractivity contribution is -0.137. The van der Waals surface area contributed by atoms with Crippen molar-refractivity contribution in [3.8, 4) is 6.07 Å². The van der Waals surface area contributed by atoms with E-state index in [2.05, 4.69) is 5.32 Å². The first kappa shape index (κ1) is 14.5. The van der Waals surface area contributed by atoms with Crippen molar-refractivity contribution in [2.75, 3.05) is 31.6 Å². The van der Waals surface area contributed by atoms with E-state index in [1.807, 2.05) is 6.07 Å². The van der Waals surface area contributed by atoms with E-state index in [-0.39, 0.29) is 23.7 Å². The molecule has 1 aromatic carbocycles. The van der Waals surface area contributed by atoms with Gasteiger partial charge in [0.1, 0.15) is 0 Å². The average molecular weight is 299 g/mol. The topological polar surface area (TPSA) is 82.4 Å². The first-order chi connectivity index (χ1) is 10.7. The summed E-state index contributed by atoms with van der Waals surface area (Å²) >= 11 is 0. The molecule has 0 bridgehead atoms. The van der Waals surface area contributed by atoms with E-state index in [1.54, 1.807) is 29.2 Å². The molecular formula is C16H17N3O3. The van der Waals surface area contributed by atoms with Gasteiger partial charge in [0, 0.05) is 18.8 Å². The summed E-state index contributed by atoms with van der Waals surface area (Å²) in [4.78, 5) is 26.2. The maximum absolute atomic E-state index is 12.3. The number of nitriles is 1. The number of anilines is 1. The normalized spacial score (nSPS) is 23.5. The van der Waals surface area contributed by atoms with E-state index in [9.17, 15) is 9.59 Å². The first-order valence-electron chi connectivity index (χ1n) is 7.36. The lowest BCUT2D eigenvalue weighted by Gasteiger charge is -2.27. The van der Waals surface area contributed by atoms with Crippen LogP contribution in [0.15, 0.2) is 24.3 Å². The SMILES string of the molecule is N#Cc1ccc(NC(=O)C2CC2C(=O)N2CCOCC2)cc1. The quantitative estimate of drug-likeness (QED) is 0.902. The van der Waals surface area contributed by atoms with Gasteiger partial charge in [-0.3, -0.25) is 9.59 Å². The van der Waals surface area contributed by atoms with Crippen LogP contribution in [0.4, 0.5) is 5.69 Å². The maximum atomic E-state index is 12.3. The van der Waals surface area contributed by atoms with Gasteiger partial charge in [-0.1, -0.05) is 0 Å². The molecule has 1 saturated heterocycles. The van der Waals surface area contributed by atoms with Gasteiger partial charge in [0.05, 0.1) is 36.7 Å². The molecule has 3 rings (SSSR count). The lowest BCUT2D eigenvalue weighted by Crippen LogP contribution is -2.42. The third-order valence-corrected chi connectivity index (χ3v) is 4.05. The first-order valence-corrected chi connectivity index (χ1v) is 7.36. The summed E-state index contributed by atoms with van der Waals surface area (Å²) in [7, 11) is 0. The Kier molecular flexibility index (Phi) is 4.07. The molecule has 1 aliphatic carbocycles. The van der Waals surface area contributed by atoms with Crippen LogP contribution in [-0.2, 0) is 14.3 Å². The van der Waals surface area contributed by atoms with E-state index in [0.29, 0.717) is 44.0 Å². The molecule has 2 atom stereocenters. The van der Waals surface area contributed by atoms with Crippen LogP contribution in [0.2, 0.25) is 0 Å². The predicted octanol–water partition coefficient (Wildman–Crippen LogP) is 0.992. The lowest BCUT2D eigenvalue weighted by atomic mass is 10.2. The molecule has 1 saturated carbocycles. The van der Waals surface area contributed by atoms with Gasteiger partial charge in [-0.15, -0.1) is 0 Å². The minimum atomic E-state index is -0.244. The minimum Gasteiger partial charge on any atom is -0.378 e. The average Bonchev–Trinajstić information content (AvgIpc) is 3.36. The predicted molar refractivity (Wildman–Crippen MR) is 78.8 cm³/mol. The Morgan fingerprint density at radius 1 is 1.18 bits per heavy atom. The van der Waals surface area contributed by atoms with Crippen LogP contribution in [0.3, 0.4) is 0 Å². The van der Waals surface area contributed by atoms with E-state index in [0.717, 1.165) is 0 Å². The number of rotatable bonds is 3. The van der Waals surface area contributed by atoms with E-state index >= 15 is 0 Å². The Bertz CT molecular complexity index is 615. The van der Waals surface area contributed by atoms with Gasteiger partial charge in [-0.05, 0) is 30.7 Å². The summed E-state index contributed by atoms with van der Waals surface area (Å²) < 4.78 is 5.23. The molecule has 22 heavy (non-hydrogen) atoms. The van der Waals surface area contributed by atoms with Crippen molar-refractivity contribution in [3.63, 3.8) is 0 Å². The number of carbonyl (C=O) groups is 2. The van der Waals surface area contributed by atoms with Gasteiger partial charge >= 0.3 is 0 Å². The molecule has 1 aromatic rings. The molecular weight excluding hydrogens is 282 g/mol. The van der Waals surface area contributed by atoms with Crippen LogP contribution in [0, 0.1) is 23.2 Å². The number of morpholine rings is 1. The molecule has 1 heterocycles. The summed E-state index contributed by atoms with van der Waals surface area (Å²) in [6, 6.07) is 8.72. The number of ether oxygens (including phenoxy) is 1. The second-order valence-corrected chi connectivity index (χ2v) is 5.56. The highest BCUT2D eigenvalue weighted by molar-refractivity contribution is 5.99. The number of nitrogens with zero attached hydrogens (tertiary/aromatic N) is 2. The zero-order valence-corrected chi connectivity index (χ0v) is 12.1. The molecule has 1 N–H and O–H groups in total. The van der Waals surface area contributed by atoms with Crippen LogP contribution in [0.25, 0.3) is 0 Å². The highest BCUT2D eigenvalue weighted by Crippen LogP contribution is 2.41. The molecule has 114 valence electrons. The van der Waals surface area contributed by atoms with Crippen molar-refractivity contribution >= 4 is 17.5 Å². The summed E-state index contributed by atoms with van der Waals surface area (Å²) in [5.41, 5.74) is 1.19. The molecule has 2 fully saturated rings. The molecule has 0 radical (unpaired) electrons. The maximum Gasteiger partial charge on any atom is 0.228 e. The fourth-order valence-electron chi connectivity index (χ4n) is 2.64. The van der Waals surface area contributed by atoms with Crippen LogP contribution >= 0.6 is 0 Å². The summed E-state index contributed by atoms with van der Waals surface area (Å²) in [6.07, 6.45) is 0.609. The Labute approximate surface area is 128 Å². The fourth-order valence-corrected chi connectivity index (χ4v) is 2.64. The molecule has 0 aromatic heterocycles. The number of amides is 2. The summed E-state index contributed by atoms with van der Waals surface area (Å²) in [6.45, 7) is 2.36. The largest absolute Gasteiger partial charge is 0.378 e. The van der Waals surface area contributed by atoms with Gasteiger partial charge in [-0.25, -0.2) is 0 Å². The van der Waals surface area contributed by atoms with Gasteiger partial charge < -0.3 is 15.0 Å². The van der Waals surface area contributed by atoms with Crippen molar-refractivity contribution in [2.45, 2.75) is 6.42 Å². The molecule has 6 heteroatoms. The second-order valence-electron chi connectivity index (χ2n) is 5.56.